The summed E-state index contributed by atoms with van der Waals surface area (Å²) in [6.07, 6.45) is 4.19. The summed E-state index contributed by atoms with van der Waals surface area (Å²) < 4.78 is 5.02. The van der Waals surface area contributed by atoms with Gasteiger partial charge in [-0.1, -0.05) is 0 Å². The predicted octanol–water partition coefficient (Wildman–Crippen LogP) is 1.30. The van der Waals surface area contributed by atoms with Crippen LogP contribution in [-0.2, 0) is 4.74 Å². The standard InChI is InChI=1S/C15H21N5O2S/c1-20(9-10-22-2)8-4-7-18-14(21)12-11-23-15(19-12)13-16-5-3-6-17-13/h3,5-6,11H,4,7-10H2,1-2H3,(H,18,21). The molecule has 2 heterocycles. The molecule has 0 saturated heterocycles. The van der Waals surface area contributed by atoms with Crippen molar-refractivity contribution in [3.63, 3.8) is 0 Å². The molecule has 0 saturated carbocycles. The van der Waals surface area contributed by atoms with Crippen LogP contribution in [-0.4, -0.2) is 66.2 Å². The molecule has 0 unspecified atom stereocenters. The summed E-state index contributed by atoms with van der Waals surface area (Å²) in [6.45, 7) is 3.12. The average Bonchev–Trinajstić information content (AvgIpc) is 3.07. The second kappa shape index (κ2) is 9.29. The minimum atomic E-state index is -0.164. The van der Waals surface area contributed by atoms with Crippen LogP contribution in [0, 0.1) is 0 Å². The molecule has 1 amide bonds. The van der Waals surface area contributed by atoms with E-state index in [1.165, 1.54) is 11.3 Å². The monoisotopic (exact) mass is 335 g/mol. The minimum Gasteiger partial charge on any atom is -0.383 e. The van der Waals surface area contributed by atoms with E-state index in [0.29, 0.717) is 29.7 Å². The van der Waals surface area contributed by atoms with Crippen molar-refractivity contribution in [2.75, 3.05) is 40.4 Å². The number of carbonyl (C=O) groups is 1. The molecular weight excluding hydrogens is 314 g/mol. The van der Waals surface area contributed by atoms with Crippen molar-refractivity contribution in [3.05, 3.63) is 29.5 Å². The first-order valence-corrected chi connectivity index (χ1v) is 8.27. The summed E-state index contributed by atoms with van der Waals surface area (Å²) >= 11 is 1.37. The Balaban J connectivity index is 1.75. The van der Waals surface area contributed by atoms with Crippen LogP contribution in [0.2, 0.25) is 0 Å². The third kappa shape index (κ3) is 5.66. The normalized spacial score (nSPS) is 10.9. The molecule has 0 aromatic carbocycles. The highest BCUT2D eigenvalue weighted by molar-refractivity contribution is 7.13. The average molecular weight is 335 g/mol. The fraction of sp³-hybridized carbons (Fsp3) is 0.467. The van der Waals surface area contributed by atoms with E-state index in [2.05, 4.69) is 25.2 Å². The lowest BCUT2D eigenvalue weighted by Gasteiger charge is -2.15. The van der Waals surface area contributed by atoms with Gasteiger partial charge in [0.15, 0.2) is 10.8 Å². The molecule has 0 aliphatic heterocycles. The SMILES string of the molecule is COCCN(C)CCCNC(=O)c1csc(-c2ncccn2)n1. The predicted molar refractivity (Wildman–Crippen MR) is 89.5 cm³/mol. The van der Waals surface area contributed by atoms with E-state index < -0.39 is 0 Å². The van der Waals surface area contributed by atoms with Crippen molar-refractivity contribution in [3.8, 4) is 10.8 Å². The van der Waals surface area contributed by atoms with Gasteiger partial charge >= 0.3 is 0 Å². The number of rotatable bonds is 9. The number of amides is 1. The molecule has 124 valence electrons. The Morgan fingerprint density at radius 3 is 2.87 bits per heavy atom. The minimum absolute atomic E-state index is 0.164. The largest absolute Gasteiger partial charge is 0.383 e. The van der Waals surface area contributed by atoms with Gasteiger partial charge in [-0.15, -0.1) is 11.3 Å². The number of likely N-dealkylation sites (N-methyl/N-ethyl adjacent to an activating group) is 1. The van der Waals surface area contributed by atoms with Crippen LogP contribution < -0.4 is 5.32 Å². The maximum Gasteiger partial charge on any atom is 0.270 e. The Labute approximate surface area is 139 Å². The lowest BCUT2D eigenvalue weighted by molar-refractivity contribution is 0.0947. The van der Waals surface area contributed by atoms with E-state index in [-0.39, 0.29) is 5.91 Å². The van der Waals surface area contributed by atoms with Gasteiger partial charge in [0.25, 0.3) is 5.91 Å². The van der Waals surface area contributed by atoms with E-state index >= 15 is 0 Å². The topological polar surface area (TPSA) is 80.2 Å². The Morgan fingerprint density at radius 2 is 2.13 bits per heavy atom. The highest BCUT2D eigenvalue weighted by Crippen LogP contribution is 2.19. The van der Waals surface area contributed by atoms with Gasteiger partial charge < -0.3 is 15.0 Å². The summed E-state index contributed by atoms with van der Waals surface area (Å²) in [6, 6.07) is 1.74. The zero-order valence-electron chi connectivity index (χ0n) is 13.4. The van der Waals surface area contributed by atoms with Gasteiger partial charge in [-0.3, -0.25) is 4.79 Å². The molecular formula is C15H21N5O2S. The molecule has 1 N–H and O–H groups in total. The molecule has 8 heteroatoms. The van der Waals surface area contributed by atoms with E-state index in [0.717, 1.165) is 19.5 Å². The number of aromatic nitrogens is 3. The van der Waals surface area contributed by atoms with E-state index in [9.17, 15) is 4.79 Å². The van der Waals surface area contributed by atoms with Crippen LogP contribution in [0.3, 0.4) is 0 Å². The Morgan fingerprint density at radius 1 is 1.35 bits per heavy atom. The molecule has 2 aromatic rings. The third-order valence-electron chi connectivity index (χ3n) is 3.17. The number of carbonyl (C=O) groups excluding carboxylic acids is 1. The molecule has 2 aromatic heterocycles. The van der Waals surface area contributed by atoms with Crippen molar-refractivity contribution < 1.29 is 9.53 Å². The van der Waals surface area contributed by atoms with Gasteiger partial charge in [-0.2, -0.15) is 0 Å². The van der Waals surface area contributed by atoms with E-state index in [1.54, 1.807) is 30.9 Å². The number of nitrogens with zero attached hydrogens (tertiary/aromatic N) is 4. The second-order valence-electron chi connectivity index (χ2n) is 5.02. The van der Waals surface area contributed by atoms with Crippen molar-refractivity contribution in [1.82, 2.24) is 25.2 Å². The van der Waals surface area contributed by atoms with Crippen LogP contribution in [0.4, 0.5) is 0 Å². The molecule has 0 aliphatic rings. The molecule has 0 radical (unpaired) electrons. The van der Waals surface area contributed by atoms with Crippen molar-refractivity contribution in [1.29, 1.82) is 0 Å². The van der Waals surface area contributed by atoms with Gasteiger partial charge in [-0.25, -0.2) is 15.0 Å². The Hall–Kier alpha value is -1.90. The number of nitrogens with one attached hydrogen (secondary N) is 1. The molecule has 23 heavy (non-hydrogen) atoms. The number of ether oxygens (including phenoxy) is 1. The number of methoxy groups -OCH3 is 1. The summed E-state index contributed by atoms with van der Waals surface area (Å²) in [7, 11) is 3.73. The second-order valence-corrected chi connectivity index (χ2v) is 5.87. The molecule has 0 fully saturated rings. The summed E-state index contributed by atoms with van der Waals surface area (Å²) in [5.41, 5.74) is 0.408. The lowest BCUT2D eigenvalue weighted by Crippen LogP contribution is -2.29. The van der Waals surface area contributed by atoms with Gasteiger partial charge in [0, 0.05) is 38.0 Å². The highest BCUT2D eigenvalue weighted by Gasteiger charge is 2.12. The third-order valence-corrected chi connectivity index (χ3v) is 4.01. The molecule has 0 aliphatic carbocycles. The van der Waals surface area contributed by atoms with E-state index in [4.69, 9.17) is 4.74 Å². The van der Waals surface area contributed by atoms with Crippen LogP contribution in [0.5, 0.6) is 0 Å². The molecule has 0 spiro atoms. The lowest BCUT2D eigenvalue weighted by atomic mass is 10.3. The summed E-state index contributed by atoms with van der Waals surface area (Å²) in [5.74, 6) is 0.374. The quantitative estimate of drug-likeness (QED) is 0.696. The highest BCUT2D eigenvalue weighted by atomic mass is 32.1. The molecule has 0 atom stereocenters. The van der Waals surface area contributed by atoms with E-state index in [1.807, 2.05) is 7.05 Å². The van der Waals surface area contributed by atoms with Gasteiger partial charge in [0.05, 0.1) is 6.61 Å². The van der Waals surface area contributed by atoms with Crippen LogP contribution in [0.1, 0.15) is 16.9 Å². The smallest absolute Gasteiger partial charge is 0.270 e. The fourth-order valence-electron chi connectivity index (χ4n) is 1.89. The van der Waals surface area contributed by atoms with Gasteiger partial charge in [-0.05, 0) is 26.1 Å². The van der Waals surface area contributed by atoms with Gasteiger partial charge in [0.1, 0.15) is 5.69 Å². The molecule has 2 rings (SSSR count). The Bertz CT molecular complexity index is 605. The van der Waals surface area contributed by atoms with Crippen LogP contribution in [0.25, 0.3) is 10.8 Å². The number of thiazole rings is 1. The first-order valence-electron chi connectivity index (χ1n) is 7.39. The summed E-state index contributed by atoms with van der Waals surface area (Å²) in [4.78, 5) is 26.8. The molecule has 0 bridgehead atoms. The van der Waals surface area contributed by atoms with Crippen molar-refractivity contribution >= 4 is 17.2 Å². The van der Waals surface area contributed by atoms with Crippen LogP contribution >= 0.6 is 11.3 Å². The zero-order chi connectivity index (χ0) is 16.5. The number of hydrogen-bond acceptors (Lipinski definition) is 7. The maximum atomic E-state index is 12.1. The van der Waals surface area contributed by atoms with Gasteiger partial charge in [0.2, 0.25) is 0 Å². The van der Waals surface area contributed by atoms with Crippen LogP contribution in [0.15, 0.2) is 23.8 Å². The van der Waals surface area contributed by atoms with Crippen molar-refractivity contribution in [2.45, 2.75) is 6.42 Å². The maximum absolute atomic E-state index is 12.1. The Kier molecular flexibility index (Phi) is 7.05. The molecule has 7 nitrogen and oxygen atoms in total. The first kappa shape index (κ1) is 17.5. The van der Waals surface area contributed by atoms with Crippen molar-refractivity contribution in [2.24, 2.45) is 0 Å². The summed E-state index contributed by atoms with van der Waals surface area (Å²) in [5, 5.41) is 5.26. The first-order chi connectivity index (χ1) is 11.2. The zero-order valence-corrected chi connectivity index (χ0v) is 14.2. The number of hydrogen-bond donors (Lipinski definition) is 1. The fourth-order valence-corrected chi connectivity index (χ4v) is 2.64.